The monoisotopic (exact) mass is 543 g/mol. The van der Waals surface area contributed by atoms with Crippen LogP contribution in [0.3, 0.4) is 0 Å². The second-order valence-electron chi connectivity index (χ2n) is 9.76. The normalized spacial score (nSPS) is 11.7. The number of rotatable bonds is 26. The molecule has 0 aromatic heterocycles. The van der Waals surface area contributed by atoms with Gasteiger partial charge in [0.1, 0.15) is 0 Å². The molecule has 0 heterocycles. The maximum absolute atomic E-state index is 6.34. The van der Waals surface area contributed by atoms with Crippen LogP contribution in [0.2, 0.25) is 0 Å². The van der Waals surface area contributed by atoms with Gasteiger partial charge in [-0.1, -0.05) is 0 Å². The molecule has 0 rings (SSSR count). The van der Waals surface area contributed by atoms with Crippen molar-refractivity contribution in [2.45, 2.75) is 156 Å². The molecule has 1 atom stereocenters. The third-order valence-corrected chi connectivity index (χ3v) is 8.18. The molecule has 2 nitrogen and oxygen atoms in total. The summed E-state index contributed by atoms with van der Waals surface area (Å²) in [4.78, 5) is 0. The summed E-state index contributed by atoms with van der Waals surface area (Å²) in [5.41, 5.74) is 0. The van der Waals surface area contributed by atoms with Crippen molar-refractivity contribution < 1.29 is 47.9 Å². The number of hydrogen-bond donors (Lipinski definition) is 0. The average molecular weight is 545 g/mol. The second kappa shape index (κ2) is 33.2. The first-order chi connectivity index (χ1) is 15.3. The molecule has 0 amide bonds. The fraction of sp³-hybridized carbons (Fsp3) is 1.00. The van der Waals surface area contributed by atoms with Crippen molar-refractivity contribution in [1.82, 2.24) is 3.38 Å². The molecule has 0 N–H and O–H groups in total. The Labute approximate surface area is 232 Å². The van der Waals surface area contributed by atoms with Crippen LogP contribution in [0.25, 0.3) is 0 Å². The van der Waals surface area contributed by atoms with Gasteiger partial charge in [0, 0.05) is 0 Å². The van der Waals surface area contributed by atoms with Crippen molar-refractivity contribution in [3.63, 3.8) is 0 Å². The van der Waals surface area contributed by atoms with Gasteiger partial charge in [0.2, 0.25) is 0 Å². The van der Waals surface area contributed by atoms with Crippen molar-refractivity contribution in [1.29, 1.82) is 0 Å². The molecule has 200 valence electrons. The molecule has 1 unspecified atom stereocenters. The molecule has 33 heavy (non-hydrogen) atoms. The van der Waals surface area contributed by atoms with Crippen LogP contribution in [0.1, 0.15) is 156 Å². The molecule has 0 saturated heterocycles. The van der Waals surface area contributed by atoms with Crippen LogP contribution < -0.4 is 24.8 Å². The number of hydrogen-bond acceptors (Lipinski definition) is 2. The SMILES string of the molecule is CCCCCCCCCC[N](CCCCCCCCCC)[Ti+2][O]CC(CC)CCCC.[Cl-].[Cl-]. The van der Waals surface area contributed by atoms with Gasteiger partial charge in [-0.25, -0.2) is 0 Å². The Bertz CT molecular complexity index is 317. The van der Waals surface area contributed by atoms with Crippen molar-refractivity contribution >= 4 is 0 Å². The van der Waals surface area contributed by atoms with Gasteiger partial charge >= 0.3 is 208 Å². The Hall–Kier alpha value is 1.21. The van der Waals surface area contributed by atoms with E-state index in [1.54, 1.807) is 0 Å². The molecule has 5 heteroatoms. The van der Waals surface area contributed by atoms with Crippen LogP contribution in [0.5, 0.6) is 0 Å². The Morgan fingerprint density at radius 2 is 0.939 bits per heavy atom. The van der Waals surface area contributed by atoms with E-state index in [1.165, 1.54) is 142 Å². The van der Waals surface area contributed by atoms with Gasteiger partial charge < -0.3 is 24.8 Å². The van der Waals surface area contributed by atoms with E-state index >= 15 is 0 Å². The summed E-state index contributed by atoms with van der Waals surface area (Å²) in [6.07, 6.45) is 28.0. The van der Waals surface area contributed by atoms with Crippen molar-refractivity contribution in [2.75, 3.05) is 19.7 Å². The molecule has 0 radical (unpaired) electrons. The summed E-state index contributed by atoms with van der Waals surface area (Å²) < 4.78 is 9.08. The van der Waals surface area contributed by atoms with E-state index < -0.39 is 0 Å². The molecule has 0 bridgehead atoms. The van der Waals surface area contributed by atoms with Gasteiger partial charge in [-0.05, 0) is 0 Å². The van der Waals surface area contributed by atoms with E-state index in [0.29, 0.717) is 0 Å². The van der Waals surface area contributed by atoms with Crippen molar-refractivity contribution in [2.24, 2.45) is 5.92 Å². The first-order valence-corrected chi connectivity index (χ1v) is 15.7. The molecule has 0 fully saturated rings. The largest absolute Gasteiger partial charge is 1.00 e. The van der Waals surface area contributed by atoms with Crippen LogP contribution in [-0.4, -0.2) is 23.1 Å². The first kappa shape index (κ1) is 38.7. The van der Waals surface area contributed by atoms with Gasteiger partial charge in [0.25, 0.3) is 0 Å². The maximum Gasteiger partial charge on any atom is -1.00 e. The van der Waals surface area contributed by atoms with Crippen molar-refractivity contribution in [3.8, 4) is 0 Å². The molecule has 0 aromatic rings. The Morgan fingerprint density at radius 1 is 0.545 bits per heavy atom. The number of unbranched alkanes of at least 4 members (excludes halogenated alkanes) is 15. The zero-order valence-electron chi connectivity index (χ0n) is 23.0. The predicted octanol–water partition coefficient (Wildman–Crippen LogP) is 3.72. The number of nitrogens with zero attached hydrogens (tertiary/aromatic N) is 1. The smallest absolute Gasteiger partial charge is 1.00 e. The first-order valence-electron chi connectivity index (χ1n) is 14.4. The van der Waals surface area contributed by atoms with Gasteiger partial charge in [0.15, 0.2) is 0 Å². The Kier molecular flexibility index (Phi) is 39.0. The quantitative estimate of drug-likeness (QED) is 0.122. The summed E-state index contributed by atoms with van der Waals surface area (Å²) in [6.45, 7) is 12.8. The molecule has 0 spiro atoms. The fourth-order valence-electron chi connectivity index (χ4n) is 4.22. The zero-order chi connectivity index (χ0) is 22.8. The van der Waals surface area contributed by atoms with E-state index in [2.05, 4.69) is 31.1 Å². The van der Waals surface area contributed by atoms with Crippen LogP contribution in [-0.2, 0) is 23.1 Å². The minimum absolute atomic E-state index is 0. The van der Waals surface area contributed by atoms with E-state index in [-0.39, 0.29) is 44.6 Å². The van der Waals surface area contributed by atoms with Crippen LogP contribution in [0, 0.1) is 5.92 Å². The van der Waals surface area contributed by atoms with Gasteiger partial charge in [-0.15, -0.1) is 0 Å². The molecular formula is C28H59Cl2NOTi. The van der Waals surface area contributed by atoms with E-state index in [0.717, 1.165) is 12.5 Å². The van der Waals surface area contributed by atoms with Gasteiger partial charge in [-0.2, -0.15) is 0 Å². The third kappa shape index (κ3) is 29.3. The topological polar surface area (TPSA) is 12.5 Å². The summed E-state index contributed by atoms with van der Waals surface area (Å²) in [5, 5.41) is 0. The minimum Gasteiger partial charge on any atom is -1.00 e. The van der Waals surface area contributed by atoms with E-state index in [4.69, 9.17) is 3.32 Å². The molecule has 0 aromatic carbocycles. The molecule has 0 aliphatic rings. The summed E-state index contributed by atoms with van der Waals surface area (Å²) in [7, 11) is 0. The zero-order valence-corrected chi connectivity index (χ0v) is 26.0. The number of halogens is 2. The average Bonchev–Trinajstić information content (AvgIpc) is 2.79. The maximum atomic E-state index is 6.34. The Balaban J connectivity index is -0.00000450. The summed E-state index contributed by atoms with van der Waals surface area (Å²) >= 11 is -0.381. The van der Waals surface area contributed by atoms with E-state index in [9.17, 15) is 0 Å². The molecule has 0 aliphatic heterocycles. The predicted molar refractivity (Wildman–Crippen MR) is 136 cm³/mol. The molecular weight excluding hydrogens is 485 g/mol. The third-order valence-electron chi connectivity index (χ3n) is 6.62. The van der Waals surface area contributed by atoms with Crippen LogP contribution >= 0.6 is 0 Å². The fourth-order valence-corrected chi connectivity index (χ4v) is 5.77. The Morgan fingerprint density at radius 3 is 1.33 bits per heavy atom. The van der Waals surface area contributed by atoms with Gasteiger partial charge in [-0.3, -0.25) is 0 Å². The standard InChI is InChI=1S/C20H42N.C8H17O.2ClH.Ti/c1-3-5-7-9-11-13-15-17-19-21-20-18-16-14-12-10-8-6-4-2;1-3-5-6-8(4-2)7-9;;;/h3-20H2,1-2H3;8H,3-7H2,1-2H3;2*1H;/q2*-1;;;+4/p-2. The van der Waals surface area contributed by atoms with Crippen LogP contribution in [0.15, 0.2) is 0 Å². The molecule has 0 aliphatic carbocycles. The molecule has 0 saturated carbocycles. The minimum atomic E-state index is -0.381. The van der Waals surface area contributed by atoms with Gasteiger partial charge in [0.05, 0.1) is 0 Å². The van der Waals surface area contributed by atoms with Crippen LogP contribution in [0.4, 0.5) is 0 Å². The summed E-state index contributed by atoms with van der Waals surface area (Å²) in [6, 6.07) is 0. The second-order valence-corrected chi connectivity index (χ2v) is 11.5. The summed E-state index contributed by atoms with van der Waals surface area (Å²) in [5.74, 6) is 0.789. The van der Waals surface area contributed by atoms with E-state index in [1.807, 2.05) is 0 Å². The van der Waals surface area contributed by atoms with Crippen molar-refractivity contribution in [3.05, 3.63) is 0 Å².